The van der Waals surface area contributed by atoms with Gasteiger partial charge in [0.1, 0.15) is 5.69 Å². The number of para-hydroxylation sites is 1. The van der Waals surface area contributed by atoms with Gasteiger partial charge in [-0.3, -0.25) is 25.4 Å². The highest BCUT2D eigenvalue weighted by atomic mass is 16.2. The number of hydrogen-bond acceptors (Lipinski definition) is 3. The Morgan fingerprint density at radius 1 is 1.04 bits per heavy atom. The summed E-state index contributed by atoms with van der Waals surface area (Å²) in [6.45, 7) is 0. The molecule has 23 heavy (non-hydrogen) atoms. The van der Waals surface area contributed by atoms with Crippen LogP contribution in [0.1, 0.15) is 22.5 Å². The van der Waals surface area contributed by atoms with Crippen molar-refractivity contribution in [3.8, 4) is 0 Å². The van der Waals surface area contributed by atoms with Crippen LogP contribution in [0.5, 0.6) is 0 Å². The molecule has 1 aromatic carbocycles. The molecule has 0 fully saturated rings. The molecular weight excluding hydrogens is 292 g/mol. The molecule has 0 atom stereocenters. The van der Waals surface area contributed by atoms with Crippen LogP contribution in [-0.2, 0) is 11.2 Å². The number of hydrazine groups is 1. The summed E-state index contributed by atoms with van der Waals surface area (Å²) in [5.41, 5.74) is 7.14. The Morgan fingerprint density at radius 2 is 1.87 bits per heavy atom. The topological polar surface area (TPSA) is 86.9 Å². The van der Waals surface area contributed by atoms with Crippen LogP contribution in [0.15, 0.2) is 54.9 Å². The third-order valence-corrected chi connectivity index (χ3v) is 3.51. The van der Waals surface area contributed by atoms with Gasteiger partial charge < -0.3 is 4.98 Å². The number of benzene rings is 1. The summed E-state index contributed by atoms with van der Waals surface area (Å²) in [7, 11) is 0. The molecule has 0 bridgehead atoms. The van der Waals surface area contributed by atoms with Gasteiger partial charge in [0.2, 0.25) is 5.91 Å². The predicted molar refractivity (Wildman–Crippen MR) is 86.5 cm³/mol. The lowest BCUT2D eigenvalue weighted by Crippen LogP contribution is -2.42. The molecule has 2 heterocycles. The van der Waals surface area contributed by atoms with E-state index in [4.69, 9.17) is 0 Å². The molecular formula is C17H16N4O2. The fraction of sp³-hybridized carbons (Fsp3) is 0.118. The molecule has 0 unspecified atom stereocenters. The number of aryl methyl sites for hydroxylation is 1. The van der Waals surface area contributed by atoms with Gasteiger partial charge in [-0.15, -0.1) is 0 Å². The second-order valence-corrected chi connectivity index (χ2v) is 5.08. The van der Waals surface area contributed by atoms with Gasteiger partial charge in [-0.05, 0) is 30.2 Å². The Kier molecular flexibility index (Phi) is 4.33. The van der Waals surface area contributed by atoms with Gasteiger partial charge in [-0.2, -0.15) is 0 Å². The van der Waals surface area contributed by atoms with Crippen molar-refractivity contribution < 1.29 is 9.59 Å². The standard InChI is InChI=1S/C17H16N4O2/c22-16(20-21-17(23)15-7-3-4-10-18-15)9-8-12-11-19-14-6-2-1-5-13(12)14/h1-7,10-11,19H,8-9H2,(H,20,22)(H,21,23). The summed E-state index contributed by atoms with van der Waals surface area (Å²) in [5, 5.41) is 1.11. The maximum absolute atomic E-state index is 11.9. The van der Waals surface area contributed by atoms with Crippen LogP contribution < -0.4 is 10.9 Å². The van der Waals surface area contributed by atoms with E-state index in [1.807, 2.05) is 30.5 Å². The number of H-pyrrole nitrogens is 1. The third kappa shape index (κ3) is 3.55. The lowest BCUT2D eigenvalue weighted by molar-refractivity contribution is -0.121. The van der Waals surface area contributed by atoms with Crippen LogP contribution in [0, 0.1) is 0 Å². The zero-order valence-corrected chi connectivity index (χ0v) is 12.4. The first kappa shape index (κ1) is 14.8. The van der Waals surface area contributed by atoms with Gasteiger partial charge in [0.05, 0.1) is 0 Å². The van der Waals surface area contributed by atoms with E-state index in [2.05, 4.69) is 20.8 Å². The van der Waals surface area contributed by atoms with Crippen molar-refractivity contribution in [3.05, 3.63) is 66.1 Å². The van der Waals surface area contributed by atoms with Crippen molar-refractivity contribution in [1.29, 1.82) is 0 Å². The van der Waals surface area contributed by atoms with E-state index in [0.29, 0.717) is 6.42 Å². The smallest absolute Gasteiger partial charge is 0.288 e. The number of fused-ring (bicyclic) bond motifs is 1. The van der Waals surface area contributed by atoms with Gasteiger partial charge in [-0.1, -0.05) is 24.3 Å². The van der Waals surface area contributed by atoms with Crippen molar-refractivity contribution in [2.75, 3.05) is 0 Å². The second kappa shape index (κ2) is 6.74. The average Bonchev–Trinajstić information content (AvgIpc) is 3.02. The summed E-state index contributed by atoms with van der Waals surface area (Å²) in [5.74, 6) is -0.689. The monoisotopic (exact) mass is 308 g/mol. The molecule has 3 aromatic rings. The number of pyridine rings is 1. The van der Waals surface area contributed by atoms with Crippen molar-refractivity contribution in [2.24, 2.45) is 0 Å². The van der Waals surface area contributed by atoms with E-state index in [9.17, 15) is 9.59 Å². The average molecular weight is 308 g/mol. The Balaban J connectivity index is 1.51. The Bertz CT molecular complexity index is 827. The Morgan fingerprint density at radius 3 is 2.70 bits per heavy atom. The van der Waals surface area contributed by atoms with E-state index in [1.54, 1.807) is 18.2 Å². The first-order chi connectivity index (χ1) is 11.2. The molecule has 0 radical (unpaired) electrons. The summed E-state index contributed by atoms with van der Waals surface area (Å²) in [4.78, 5) is 30.7. The molecule has 0 spiro atoms. The van der Waals surface area contributed by atoms with Gasteiger partial charge in [0.15, 0.2) is 0 Å². The lowest BCUT2D eigenvalue weighted by Gasteiger charge is -2.06. The highest BCUT2D eigenvalue weighted by Crippen LogP contribution is 2.18. The molecule has 0 saturated heterocycles. The van der Waals surface area contributed by atoms with Crippen LogP contribution in [0.4, 0.5) is 0 Å². The molecule has 2 amide bonds. The van der Waals surface area contributed by atoms with Crippen molar-refractivity contribution in [2.45, 2.75) is 12.8 Å². The molecule has 3 N–H and O–H groups in total. The number of amides is 2. The number of nitrogens with zero attached hydrogens (tertiary/aromatic N) is 1. The quantitative estimate of drug-likeness (QED) is 0.644. The summed E-state index contributed by atoms with van der Waals surface area (Å²) < 4.78 is 0. The first-order valence-corrected chi connectivity index (χ1v) is 7.29. The van der Waals surface area contributed by atoms with Crippen molar-refractivity contribution >= 4 is 22.7 Å². The fourth-order valence-electron chi connectivity index (χ4n) is 2.34. The lowest BCUT2D eigenvalue weighted by atomic mass is 10.1. The zero-order valence-electron chi connectivity index (χ0n) is 12.4. The third-order valence-electron chi connectivity index (χ3n) is 3.51. The zero-order chi connectivity index (χ0) is 16.1. The number of hydrogen-bond donors (Lipinski definition) is 3. The maximum Gasteiger partial charge on any atom is 0.288 e. The Hall–Kier alpha value is -3.15. The number of aromatic nitrogens is 2. The normalized spacial score (nSPS) is 10.4. The highest BCUT2D eigenvalue weighted by Gasteiger charge is 2.09. The van der Waals surface area contributed by atoms with Crippen LogP contribution in [0.25, 0.3) is 10.9 Å². The van der Waals surface area contributed by atoms with E-state index in [1.165, 1.54) is 6.20 Å². The number of carbonyl (C=O) groups excluding carboxylic acids is 2. The van der Waals surface area contributed by atoms with Gasteiger partial charge in [0, 0.05) is 29.7 Å². The SMILES string of the molecule is O=C(CCc1c[nH]c2ccccc12)NNC(=O)c1ccccn1. The minimum absolute atomic E-state index is 0.250. The molecule has 6 heteroatoms. The number of aromatic amines is 1. The van der Waals surface area contributed by atoms with Crippen molar-refractivity contribution in [3.63, 3.8) is 0 Å². The molecule has 0 saturated carbocycles. The number of rotatable bonds is 4. The molecule has 3 rings (SSSR count). The molecule has 2 aromatic heterocycles. The highest BCUT2D eigenvalue weighted by molar-refractivity contribution is 5.93. The van der Waals surface area contributed by atoms with E-state index in [-0.39, 0.29) is 18.0 Å². The molecule has 116 valence electrons. The van der Waals surface area contributed by atoms with Gasteiger partial charge >= 0.3 is 0 Å². The van der Waals surface area contributed by atoms with Gasteiger partial charge in [0.25, 0.3) is 5.91 Å². The molecule has 6 nitrogen and oxygen atoms in total. The van der Waals surface area contributed by atoms with E-state index < -0.39 is 5.91 Å². The van der Waals surface area contributed by atoms with Gasteiger partial charge in [-0.25, -0.2) is 0 Å². The number of carbonyl (C=O) groups is 2. The molecule has 0 aliphatic rings. The maximum atomic E-state index is 11.9. The molecule has 0 aliphatic carbocycles. The molecule has 0 aliphatic heterocycles. The van der Waals surface area contributed by atoms with Crippen LogP contribution >= 0.6 is 0 Å². The largest absolute Gasteiger partial charge is 0.361 e. The minimum Gasteiger partial charge on any atom is -0.361 e. The van der Waals surface area contributed by atoms with E-state index >= 15 is 0 Å². The second-order valence-electron chi connectivity index (χ2n) is 5.08. The van der Waals surface area contributed by atoms with Crippen molar-refractivity contribution in [1.82, 2.24) is 20.8 Å². The summed E-state index contributed by atoms with van der Waals surface area (Å²) >= 11 is 0. The predicted octanol–water partition coefficient (Wildman–Crippen LogP) is 1.96. The van der Waals surface area contributed by atoms with Crippen LogP contribution in [0.2, 0.25) is 0 Å². The van der Waals surface area contributed by atoms with Crippen LogP contribution in [-0.4, -0.2) is 21.8 Å². The summed E-state index contributed by atoms with van der Waals surface area (Å²) in [6, 6.07) is 12.9. The first-order valence-electron chi connectivity index (χ1n) is 7.29. The summed E-state index contributed by atoms with van der Waals surface area (Å²) in [6.07, 6.45) is 4.30. The Labute approximate surface area is 132 Å². The minimum atomic E-state index is -0.439. The number of nitrogens with one attached hydrogen (secondary N) is 3. The fourth-order valence-corrected chi connectivity index (χ4v) is 2.34. The van der Waals surface area contributed by atoms with E-state index in [0.717, 1.165) is 16.5 Å². The van der Waals surface area contributed by atoms with Crippen LogP contribution in [0.3, 0.4) is 0 Å².